The van der Waals surface area contributed by atoms with Crippen LogP contribution in [0.4, 0.5) is 0 Å². The zero-order valence-electron chi connectivity index (χ0n) is 7.03. The largest absolute Gasteiger partial charge is 0.501 e. The summed E-state index contributed by atoms with van der Waals surface area (Å²) < 4.78 is 5.52. The minimum absolute atomic E-state index is 0.228. The maximum absolute atomic E-state index is 5.52. The Morgan fingerprint density at radius 2 is 1.44 bits per heavy atom. The third kappa shape index (κ3) is 2.29. The van der Waals surface area contributed by atoms with E-state index in [0.29, 0.717) is 0 Å². The minimum Gasteiger partial charge on any atom is -0.501 e. The van der Waals surface area contributed by atoms with Gasteiger partial charge in [-0.05, 0) is 19.3 Å². The normalized spacial score (nSPS) is 11.9. The molecule has 0 aromatic heterocycles. The third-order valence-corrected chi connectivity index (χ3v) is 3.23. The highest BCUT2D eigenvalue weighted by Crippen LogP contribution is 2.22. The monoisotopic (exact) mass is 144 g/mol. The lowest BCUT2D eigenvalue weighted by Gasteiger charge is -2.30. The molecular formula is C7H17AlO. The fraction of sp³-hybridized carbons (Fsp3) is 1.00. The molecule has 0 radical (unpaired) electrons. The molecule has 0 aliphatic rings. The van der Waals surface area contributed by atoms with Gasteiger partial charge in [-0.15, -0.1) is 0 Å². The van der Waals surface area contributed by atoms with Gasteiger partial charge in [0.2, 0.25) is 0 Å². The Morgan fingerprint density at radius 1 is 1.11 bits per heavy atom. The minimum atomic E-state index is 0.228. The molecule has 0 bridgehead atoms. The number of hydrogen-bond acceptors (Lipinski definition) is 1. The molecule has 0 saturated carbocycles. The van der Waals surface area contributed by atoms with Crippen molar-refractivity contribution in [3.8, 4) is 0 Å². The molecule has 1 nitrogen and oxygen atoms in total. The molecule has 54 valence electrons. The van der Waals surface area contributed by atoms with Crippen molar-refractivity contribution < 1.29 is 3.79 Å². The van der Waals surface area contributed by atoms with Crippen LogP contribution in [-0.4, -0.2) is 22.2 Å². The second kappa shape index (κ2) is 4.33. The van der Waals surface area contributed by atoms with Crippen molar-refractivity contribution in [3.63, 3.8) is 0 Å². The Balaban J connectivity index is 3.82. The van der Waals surface area contributed by atoms with Crippen molar-refractivity contribution in [1.82, 2.24) is 0 Å². The molecule has 0 amide bonds. The van der Waals surface area contributed by atoms with Gasteiger partial charge in [0, 0.05) is 5.60 Å². The Morgan fingerprint density at radius 3 is 1.44 bits per heavy atom. The average molecular weight is 144 g/mol. The van der Waals surface area contributed by atoms with Crippen LogP contribution in [0.3, 0.4) is 0 Å². The van der Waals surface area contributed by atoms with E-state index in [9.17, 15) is 0 Å². The van der Waals surface area contributed by atoms with Gasteiger partial charge in [-0.3, -0.25) is 0 Å². The zero-order chi connectivity index (χ0) is 7.33. The molecule has 0 fully saturated rings. The van der Waals surface area contributed by atoms with Crippen molar-refractivity contribution in [3.05, 3.63) is 0 Å². The van der Waals surface area contributed by atoms with E-state index in [1.54, 1.807) is 0 Å². The topological polar surface area (TPSA) is 9.23 Å². The lowest BCUT2D eigenvalue weighted by molar-refractivity contribution is 0.0668. The first-order valence-corrected chi connectivity index (χ1v) is 4.61. The van der Waals surface area contributed by atoms with E-state index in [4.69, 9.17) is 3.79 Å². The Bertz CT molecular complexity index is 51.8. The van der Waals surface area contributed by atoms with E-state index < -0.39 is 0 Å². The van der Waals surface area contributed by atoms with E-state index in [-0.39, 0.29) is 5.60 Å². The molecule has 0 rings (SSSR count). The van der Waals surface area contributed by atoms with Gasteiger partial charge in [0.05, 0.1) is 0 Å². The summed E-state index contributed by atoms with van der Waals surface area (Å²) in [5.41, 5.74) is 0.228. The van der Waals surface area contributed by atoms with Gasteiger partial charge in [0.25, 0.3) is 0 Å². The predicted octanol–water partition coefficient (Wildman–Crippen LogP) is 1.52. The smallest absolute Gasteiger partial charge is 0.410 e. The summed E-state index contributed by atoms with van der Waals surface area (Å²) >= 11 is 0.875. The van der Waals surface area contributed by atoms with Crippen LogP contribution in [0.1, 0.15) is 40.0 Å². The molecule has 0 spiro atoms. The van der Waals surface area contributed by atoms with Crippen LogP contribution in [0.25, 0.3) is 0 Å². The van der Waals surface area contributed by atoms with Gasteiger partial charge in [0.15, 0.2) is 0 Å². The van der Waals surface area contributed by atoms with Crippen LogP contribution < -0.4 is 0 Å². The zero-order valence-corrected chi connectivity index (χ0v) is 9.03. The first-order chi connectivity index (χ1) is 4.24. The van der Waals surface area contributed by atoms with Gasteiger partial charge < -0.3 is 3.79 Å². The number of hydrogen-bond donors (Lipinski definition) is 0. The molecule has 0 unspecified atom stereocenters. The Kier molecular flexibility index (Phi) is 4.57. The molecular weight excluding hydrogens is 127 g/mol. The highest BCUT2D eigenvalue weighted by molar-refractivity contribution is 5.98. The first kappa shape index (κ1) is 9.49. The van der Waals surface area contributed by atoms with Gasteiger partial charge in [0.1, 0.15) is 0 Å². The van der Waals surface area contributed by atoms with Crippen molar-refractivity contribution in [2.75, 3.05) is 0 Å². The highest BCUT2D eigenvalue weighted by Gasteiger charge is 2.20. The molecule has 9 heavy (non-hydrogen) atoms. The Hall–Kier alpha value is 0.492. The standard InChI is InChI=1S/C7H15O.Al.2H/c1-4-7(8,5-2)6-3;;;/h4-6H2,1-3H3;;;/q-1;+1;;. The van der Waals surface area contributed by atoms with Crippen molar-refractivity contribution in [2.24, 2.45) is 0 Å². The SMILES string of the molecule is CCC(CC)(CC)[O][AlH2]. The second-order valence-corrected chi connectivity index (χ2v) is 2.86. The van der Waals surface area contributed by atoms with Gasteiger partial charge in [-0.25, -0.2) is 0 Å². The fourth-order valence-electron chi connectivity index (χ4n) is 1.18. The quantitative estimate of drug-likeness (QED) is 0.543. The van der Waals surface area contributed by atoms with E-state index in [1.165, 1.54) is 0 Å². The third-order valence-electron chi connectivity index (χ3n) is 2.37. The van der Waals surface area contributed by atoms with Crippen LogP contribution in [-0.2, 0) is 3.79 Å². The lowest BCUT2D eigenvalue weighted by Crippen LogP contribution is -2.28. The van der Waals surface area contributed by atoms with Crippen LogP contribution in [0.5, 0.6) is 0 Å². The molecule has 0 aromatic carbocycles. The second-order valence-electron chi connectivity index (χ2n) is 2.45. The summed E-state index contributed by atoms with van der Waals surface area (Å²) in [5.74, 6) is 0. The molecule has 0 aliphatic carbocycles. The van der Waals surface area contributed by atoms with E-state index in [1.807, 2.05) is 0 Å². The molecule has 0 N–H and O–H groups in total. The Labute approximate surface area is 66.5 Å². The van der Waals surface area contributed by atoms with E-state index >= 15 is 0 Å². The summed E-state index contributed by atoms with van der Waals surface area (Å²) in [7, 11) is 0. The summed E-state index contributed by atoms with van der Waals surface area (Å²) in [4.78, 5) is 0. The van der Waals surface area contributed by atoms with Crippen LogP contribution >= 0.6 is 0 Å². The van der Waals surface area contributed by atoms with Crippen LogP contribution in [0.15, 0.2) is 0 Å². The molecule has 0 aromatic rings. The summed E-state index contributed by atoms with van der Waals surface area (Å²) in [6.07, 6.45) is 3.47. The maximum Gasteiger partial charge on any atom is 0.410 e. The predicted molar refractivity (Wildman–Crippen MR) is 43.2 cm³/mol. The van der Waals surface area contributed by atoms with Crippen molar-refractivity contribution in [2.45, 2.75) is 45.6 Å². The first-order valence-electron chi connectivity index (χ1n) is 3.79. The van der Waals surface area contributed by atoms with Gasteiger partial charge in [-0.2, -0.15) is 0 Å². The van der Waals surface area contributed by atoms with Gasteiger partial charge >= 0.3 is 16.6 Å². The van der Waals surface area contributed by atoms with E-state index in [0.717, 1.165) is 35.9 Å². The molecule has 0 aliphatic heterocycles. The van der Waals surface area contributed by atoms with Crippen LogP contribution in [0.2, 0.25) is 0 Å². The maximum atomic E-state index is 5.52. The highest BCUT2D eigenvalue weighted by atomic mass is 27.1. The van der Waals surface area contributed by atoms with Gasteiger partial charge in [-0.1, -0.05) is 20.8 Å². The lowest BCUT2D eigenvalue weighted by atomic mass is 9.95. The summed E-state index contributed by atoms with van der Waals surface area (Å²) in [6, 6.07) is 0. The van der Waals surface area contributed by atoms with Crippen molar-refractivity contribution in [1.29, 1.82) is 0 Å². The summed E-state index contributed by atoms with van der Waals surface area (Å²) in [5, 5.41) is 0. The molecule has 2 heteroatoms. The van der Waals surface area contributed by atoms with Crippen LogP contribution in [0, 0.1) is 0 Å². The van der Waals surface area contributed by atoms with E-state index in [2.05, 4.69) is 20.8 Å². The molecule has 0 atom stereocenters. The molecule has 0 saturated heterocycles. The van der Waals surface area contributed by atoms with Crippen molar-refractivity contribution >= 4 is 16.6 Å². The summed E-state index contributed by atoms with van der Waals surface area (Å²) in [6.45, 7) is 6.60. The molecule has 0 heterocycles. The number of rotatable bonds is 4. The fourth-order valence-corrected chi connectivity index (χ4v) is 2.05. The average Bonchev–Trinajstić information content (AvgIpc) is 1.95.